The second kappa shape index (κ2) is 6.30. The van der Waals surface area contributed by atoms with Crippen LogP contribution in [0.3, 0.4) is 0 Å². The van der Waals surface area contributed by atoms with E-state index in [2.05, 4.69) is 20.9 Å². The molecule has 26 heavy (non-hydrogen) atoms. The van der Waals surface area contributed by atoms with E-state index in [1.54, 1.807) is 19.2 Å². The average molecular weight is 349 g/mol. The molecule has 1 aromatic carbocycles. The maximum Gasteiger partial charge on any atom is 0.227 e. The first kappa shape index (κ1) is 16.3. The smallest absolute Gasteiger partial charge is 0.227 e. The summed E-state index contributed by atoms with van der Waals surface area (Å²) < 4.78 is 5.18. The van der Waals surface area contributed by atoms with E-state index in [-0.39, 0.29) is 11.3 Å². The summed E-state index contributed by atoms with van der Waals surface area (Å²) in [5.41, 5.74) is 1.28. The van der Waals surface area contributed by atoms with E-state index in [0.29, 0.717) is 24.4 Å². The van der Waals surface area contributed by atoms with Gasteiger partial charge in [-0.15, -0.1) is 0 Å². The number of nitrogens with zero attached hydrogens (tertiary/aromatic N) is 5. The summed E-state index contributed by atoms with van der Waals surface area (Å²) in [5, 5.41) is 9.10. The largest absolute Gasteiger partial charge is 0.481 e. The molecular weight excluding hydrogens is 330 g/mol. The van der Waals surface area contributed by atoms with E-state index < -0.39 is 0 Å². The molecule has 7 nitrogen and oxygen atoms in total. The van der Waals surface area contributed by atoms with E-state index in [1.165, 1.54) is 6.33 Å². The molecule has 0 saturated carbocycles. The number of hydrogen-bond donors (Lipinski definition) is 0. The van der Waals surface area contributed by atoms with Gasteiger partial charge in [0.2, 0.25) is 11.8 Å². The summed E-state index contributed by atoms with van der Waals surface area (Å²) in [7, 11) is 1.58. The monoisotopic (exact) mass is 349 g/mol. The number of anilines is 2. The molecule has 1 amide bonds. The summed E-state index contributed by atoms with van der Waals surface area (Å²) in [5.74, 6) is 1.47. The van der Waals surface area contributed by atoms with Gasteiger partial charge in [-0.05, 0) is 24.6 Å². The molecule has 2 aromatic rings. The lowest BCUT2D eigenvalue weighted by atomic mass is 9.86. The van der Waals surface area contributed by atoms with Crippen molar-refractivity contribution in [1.29, 1.82) is 5.26 Å². The number of aromatic nitrogens is 2. The highest BCUT2D eigenvalue weighted by atomic mass is 16.5. The predicted octanol–water partition coefficient (Wildman–Crippen LogP) is 1.99. The van der Waals surface area contributed by atoms with Crippen LogP contribution in [0.4, 0.5) is 11.5 Å². The zero-order chi connectivity index (χ0) is 18.1. The number of carbonyl (C=O) groups is 1. The summed E-state index contributed by atoms with van der Waals surface area (Å²) in [6.07, 6.45) is 2.95. The fraction of sp³-hybridized carbons (Fsp3) is 0.368. The number of carbonyl (C=O) groups excluding carboxylic acids is 1. The Bertz CT molecular complexity index is 893. The van der Waals surface area contributed by atoms with Crippen LogP contribution < -0.4 is 14.5 Å². The van der Waals surface area contributed by atoms with Crippen LogP contribution >= 0.6 is 0 Å². The first-order valence-electron chi connectivity index (χ1n) is 8.54. The standard InChI is InChI=1S/C19H19N5O2/c1-26-17-8-16(21-13-22-17)23-6-5-19(11-23)9-18(25)24(12-19)15-4-2-3-14(7-15)10-20/h2-4,7-8,13H,5-6,9,11-12H2,1H3/t19-/m1/s1. The van der Waals surface area contributed by atoms with Crippen molar-refractivity contribution in [3.05, 3.63) is 42.2 Å². The average Bonchev–Trinajstić information content (AvgIpc) is 3.24. The summed E-state index contributed by atoms with van der Waals surface area (Å²) >= 11 is 0. The second-order valence-corrected chi connectivity index (χ2v) is 6.91. The van der Waals surface area contributed by atoms with Crippen molar-refractivity contribution in [3.63, 3.8) is 0 Å². The number of benzene rings is 1. The lowest BCUT2D eigenvalue weighted by Crippen LogP contribution is -2.31. The quantitative estimate of drug-likeness (QED) is 0.843. The molecule has 1 aromatic heterocycles. The van der Waals surface area contributed by atoms with Crippen LogP contribution in [0.2, 0.25) is 0 Å². The Kier molecular flexibility index (Phi) is 3.96. The van der Waals surface area contributed by atoms with Crippen molar-refractivity contribution >= 4 is 17.4 Å². The van der Waals surface area contributed by atoms with Gasteiger partial charge in [-0.2, -0.15) is 5.26 Å². The molecule has 2 aliphatic heterocycles. The van der Waals surface area contributed by atoms with Gasteiger partial charge in [-0.1, -0.05) is 6.07 Å². The van der Waals surface area contributed by atoms with E-state index in [1.807, 2.05) is 23.1 Å². The minimum absolute atomic E-state index is 0.0854. The molecule has 1 atom stereocenters. The molecule has 0 radical (unpaired) electrons. The summed E-state index contributed by atoms with van der Waals surface area (Å²) in [6, 6.07) is 11.2. The summed E-state index contributed by atoms with van der Waals surface area (Å²) in [6.45, 7) is 2.28. The highest BCUT2D eigenvalue weighted by Crippen LogP contribution is 2.43. The Labute approximate surface area is 151 Å². The van der Waals surface area contributed by atoms with Crippen LogP contribution in [-0.2, 0) is 4.79 Å². The molecule has 4 rings (SSSR count). The van der Waals surface area contributed by atoms with E-state index >= 15 is 0 Å². The number of rotatable bonds is 3. The van der Waals surface area contributed by atoms with E-state index in [9.17, 15) is 4.79 Å². The normalized spacial score (nSPS) is 22.1. The van der Waals surface area contributed by atoms with Crippen LogP contribution in [0.1, 0.15) is 18.4 Å². The molecule has 2 aliphatic rings. The molecule has 132 valence electrons. The molecular formula is C19H19N5O2. The zero-order valence-electron chi connectivity index (χ0n) is 14.6. The Balaban J connectivity index is 1.54. The highest BCUT2D eigenvalue weighted by molar-refractivity contribution is 5.96. The maximum atomic E-state index is 12.7. The van der Waals surface area contributed by atoms with Gasteiger partial charge in [0, 0.05) is 43.2 Å². The first-order chi connectivity index (χ1) is 12.6. The Hall–Kier alpha value is -3.14. The van der Waals surface area contributed by atoms with Gasteiger partial charge in [0.15, 0.2) is 0 Å². The van der Waals surface area contributed by atoms with Gasteiger partial charge < -0.3 is 14.5 Å². The molecule has 3 heterocycles. The topological polar surface area (TPSA) is 82.4 Å². The third kappa shape index (κ3) is 2.84. The van der Waals surface area contributed by atoms with Crippen molar-refractivity contribution < 1.29 is 9.53 Å². The van der Waals surface area contributed by atoms with Crippen LogP contribution in [0.15, 0.2) is 36.7 Å². The Morgan fingerprint density at radius 3 is 2.96 bits per heavy atom. The van der Waals surface area contributed by atoms with Crippen LogP contribution in [-0.4, -0.2) is 42.6 Å². The molecule has 2 fully saturated rings. The number of ether oxygens (including phenoxy) is 1. The molecule has 7 heteroatoms. The number of hydrogen-bond acceptors (Lipinski definition) is 6. The van der Waals surface area contributed by atoms with Crippen molar-refractivity contribution in [2.75, 3.05) is 36.5 Å². The molecule has 0 aliphatic carbocycles. The Morgan fingerprint density at radius 2 is 2.15 bits per heavy atom. The summed E-state index contributed by atoms with van der Waals surface area (Å²) in [4.78, 5) is 25.0. The van der Waals surface area contributed by atoms with Gasteiger partial charge in [-0.25, -0.2) is 9.97 Å². The van der Waals surface area contributed by atoms with Gasteiger partial charge in [0.1, 0.15) is 12.1 Å². The molecule has 0 unspecified atom stereocenters. The van der Waals surface area contributed by atoms with Crippen LogP contribution in [0.5, 0.6) is 5.88 Å². The maximum absolute atomic E-state index is 12.7. The molecule has 1 spiro atoms. The van der Waals surface area contributed by atoms with E-state index in [0.717, 1.165) is 31.0 Å². The minimum atomic E-state index is -0.0854. The number of amides is 1. The number of nitriles is 1. The SMILES string of the molecule is COc1cc(N2CC[C@@]3(CC(=O)N(c4cccc(C#N)c4)C3)C2)ncn1. The Morgan fingerprint density at radius 1 is 1.27 bits per heavy atom. The fourth-order valence-electron chi connectivity index (χ4n) is 3.89. The van der Waals surface area contributed by atoms with Crippen LogP contribution in [0.25, 0.3) is 0 Å². The second-order valence-electron chi connectivity index (χ2n) is 6.91. The van der Waals surface area contributed by atoms with Crippen molar-refractivity contribution in [2.45, 2.75) is 12.8 Å². The van der Waals surface area contributed by atoms with Gasteiger partial charge in [0.05, 0.1) is 18.7 Å². The van der Waals surface area contributed by atoms with Gasteiger partial charge in [0.25, 0.3) is 0 Å². The third-order valence-corrected chi connectivity index (χ3v) is 5.21. The predicted molar refractivity (Wildman–Crippen MR) is 96.0 cm³/mol. The third-order valence-electron chi connectivity index (χ3n) is 5.21. The molecule has 0 N–H and O–H groups in total. The van der Waals surface area contributed by atoms with Crippen molar-refractivity contribution in [1.82, 2.24) is 9.97 Å². The minimum Gasteiger partial charge on any atom is -0.481 e. The lowest BCUT2D eigenvalue weighted by Gasteiger charge is -2.24. The van der Waals surface area contributed by atoms with Crippen molar-refractivity contribution in [3.8, 4) is 11.9 Å². The first-order valence-corrected chi connectivity index (χ1v) is 8.54. The van der Waals surface area contributed by atoms with Crippen molar-refractivity contribution in [2.24, 2.45) is 5.41 Å². The van der Waals surface area contributed by atoms with Gasteiger partial charge >= 0.3 is 0 Å². The molecule has 2 saturated heterocycles. The fourth-order valence-corrected chi connectivity index (χ4v) is 3.89. The van der Waals surface area contributed by atoms with Gasteiger partial charge in [-0.3, -0.25) is 4.79 Å². The zero-order valence-corrected chi connectivity index (χ0v) is 14.6. The van der Waals surface area contributed by atoms with Crippen LogP contribution in [0, 0.1) is 16.7 Å². The molecule has 0 bridgehead atoms. The van der Waals surface area contributed by atoms with E-state index in [4.69, 9.17) is 10.00 Å². The highest BCUT2D eigenvalue weighted by Gasteiger charge is 2.48. The lowest BCUT2D eigenvalue weighted by molar-refractivity contribution is -0.117. The number of methoxy groups -OCH3 is 1.